The molecule has 0 saturated carbocycles. The van der Waals surface area contributed by atoms with Gasteiger partial charge in [-0.15, -0.1) is 0 Å². The minimum absolute atomic E-state index is 0.140. The Hall–Kier alpha value is -0.610. The Bertz CT molecular complexity index is 157. The minimum Gasteiger partial charge on any atom is -0.463 e. The van der Waals surface area contributed by atoms with E-state index in [9.17, 15) is 4.79 Å². The van der Waals surface area contributed by atoms with Crippen LogP contribution in [0.1, 0.15) is 27.2 Å². The average molecular weight is 203 g/mol. The molecule has 0 amide bonds. The van der Waals surface area contributed by atoms with Gasteiger partial charge in [0.25, 0.3) is 0 Å². The van der Waals surface area contributed by atoms with Crippen LogP contribution in [-0.2, 0) is 14.3 Å². The molecule has 0 bridgehead atoms. The van der Waals surface area contributed by atoms with Crippen LogP contribution in [0.4, 0.5) is 0 Å². The van der Waals surface area contributed by atoms with Crippen molar-refractivity contribution in [2.24, 2.45) is 11.7 Å². The first-order chi connectivity index (χ1) is 6.52. The molecule has 2 N–H and O–H groups in total. The monoisotopic (exact) mass is 203 g/mol. The molecule has 0 saturated heterocycles. The zero-order valence-electron chi connectivity index (χ0n) is 9.29. The van der Waals surface area contributed by atoms with Crippen LogP contribution >= 0.6 is 0 Å². The lowest BCUT2D eigenvalue weighted by atomic mass is 10.2. The molecular formula is C10H21NO3. The number of carbonyl (C=O) groups excluding carboxylic acids is 1. The topological polar surface area (TPSA) is 61.5 Å². The summed E-state index contributed by atoms with van der Waals surface area (Å²) < 4.78 is 10.1. The third-order valence-electron chi connectivity index (χ3n) is 1.43. The van der Waals surface area contributed by atoms with E-state index < -0.39 is 0 Å². The van der Waals surface area contributed by atoms with Crippen LogP contribution in [0.3, 0.4) is 0 Å². The highest BCUT2D eigenvalue weighted by Crippen LogP contribution is 1.93. The van der Waals surface area contributed by atoms with Crippen LogP contribution in [0, 0.1) is 5.92 Å². The fourth-order valence-electron chi connectivity index (χ4n) is 0.855. The molecule has 0 fully saturated rings. The zero-order chi connectivity index (χ0) is 11.0. The van der Waals surface area contributed by atoms with E-state index in [0.717, 1.165) is 0 Å². The second-order valence-electron chi connectivity index (χ2n) is 3.87. The van der Waals surface area contributed by atoms with Gasteiger partial charge in [-0.25, -0.2) is 0 Å². The molecule has 14 heavy (non-hydrogen) atoms. The van der Waals surface area contributed by atoms with E-state index in [1.54, 1.807) is 6.92 Å². The summed E-state index contributed by atoms with van der Waals surface area (Å²) in [7, 11) is 0. The quantitative estimate of drug-likeness (QED) is 0.494. The predicted molar refractivity (Wildman–Crippen MR) is 54.9 cm³/mol. The van der Waals surface area contributed by atoms with Crippen molar-refractivity contribution >= 4 is 5.97 Å². The van der Waals surface area contributed by atoms with Crippen LogP contribution in [0.5, 0.6) is 0 Å². The molecule has 0 aromatic rings. The van der Waals surface area contributed by atoms with Gasteiger partial charge in [-0.3, -0.25) is 4.79 Å². The molecule has 0 heterocycles. The third kappa shape index (κ3) is 9.48. The van der Waals surface area contributed by atoms with Crippen molar-refractivity contribution in [3.8, 4) is 0 Å². The van der Waals surface area contributed by atoms with E-state index in [2.05, 4.69) is 13.8 Å². The van der Waals surface area contributed by atoms with E-state index in [1.165, 1.54) is 0 Å². The molecule has 0 aliphatic carbocycles. The molecule has 4 heteroatoms. The molecule has 0 aliphatic rings. The van der Waals surface area contributed by atoms with Crippen molar-refractivity contribution in [1.29, 1.82) is 0 Å². The molecule has 1 atom stereocenters. The summed E-state index contributed by atoms with van der Waals surface area (Å²) in [6.07, 6.45) is 0.268. The fourth-order valence-corrected chi connectivity index (χ4v) is 0.855. The fraction of sp³-hybridized carbons (Fsp3) is 0.900. The molecule has 0 aromatic carbocycles. The van der Waals surface area contributed by atoms with Crippen molar-refractivity contribution < 1.29 is 14.3 Å². The van der Waals surface area contributed by atoms with Gasteiger partial charge in [-0.05, 0) is 12.8 Å². The second kappa shape index (κ2) is 7.76. The van der Waals surface area contributed by atoms with Gasteiger partial charge < -0.3 is 15.2 Å². The first-order valence-electron chi connectivity index (χ1n) is 5.01. The Labute approximate surface area is 85.8 Å². The first kappa shape index (κ1) is 13.4. The standard InChI is InChI=1S/C10H21NO3/c1-8(2)7-13-4-5-14-10(12)6-9(3)11/h8-9H,4-7,11H2,1-3H3. The van der Waals surface area contributed by atoms with E-state index in [4.69, 9.17) is 15.2 Å². The second-order valence-corrected chi connectivity index (χ2v) is 3.87. The number of esters is 1. The normalized spacial score (nSPS) is 12.9. The van der Waals surface area contributed by atoms with Gasteiger partial charge in [-0.1, -0.05) is 13.8 Å². The van der Waals surface area contributed by atoms with Crippen molar-refractivity contribution in [1.82, 2.24) is 0 Å². The van der Waals surface area contributed by atoms with Crippen LogP contribution in [0.15, 0.2) is 0 Å². The number of hydrogen-bond acceptors (Lipinski definition) is 4. The molecule has 1 unspecified atom stereocenters. The number of ether oxygens (including phenoxy) is 2. The Kier molecular flexibility index (Phi) is 7.42. The summed E-state index contributed by atoms with van der Waals surface area (Å²) in [6, 6.07) is -0.140. The van der Waals surface area contributed by atoms with Gasteiger partial charge in [-0.2, -0.15) is 0 Å². The van der Waals surface area contributed by atoms with Crippen LogP contribution in [0.25, 0.3) is 0 Å². The predicted octanol–water partition coefficient (Wildman–Crippen LogP) is 0.940. The molecule has 0 radical (unpaired) electrons. The SMILES string of the molecule is CC(C)COCCOC(=O)CC(C)N. The van der Waals surface area contributed by atoms with E-state index in [0.29, 0.717) is 25.7 Å². The average Bonchev–Trinajstić information content (AvgIpc) is 2.01. The number of nitrogens with two attached hydrogens (primary N) is 1. The Morgan fingerprint density at radius 1 is 1.29 bits per heavy atom. The molecular weight excluding hydrogens is 182 g/mol. The summed E-state index contributed by atoms with van der Waals surface area (Å²) in [6.45, 7) is 7.40. The van der Waals surface area contributed by atoms with E-state index in [-0.39, 0.29) is 18.4 Å². The number of hydrogen-bond donors (Lipinski definition) is 1. The van der Waals surface area contributed by atoms with Crippen LogP contribution in [-0.4, -0.2) is 31.8 Å². The highest BCUT2D eigenvalue weighted by Gasteiger charge is 2.05. The highest BCUT2D eigenvalue weighted by molar-refractivity contribution is 5.69. The number of rotatable bonds is 7. The smallest absolute Gasteiger partial charge is 0.307 e. The maximum Gasteiger partial charge on any atom is 0.307 e. The molecule has 0 aromatic heterocycles. The lowest BCUT2D eigenvalue weighted by molar-refractivity contribution is -0.145. The Morgan fingerprint density at radius 3 is 2.43 bits per heavy atom. The van der Waals surface area contributed by atoms with Crippen molar-refractivity contribution in [3.63, 3.8) is 0 Å². The summed E-state index contributed by atoms with van der Waals surface area (Å²) in [4.78, 5) is 11.0. The highest BCUT2D eigenvalue weighted by atomic mass is 16.6. The molecule has 84 valence electrons. The molecule has 4 nitrogen and oxygen atoms in total. The van der Waals surface area contributed by atoms with E-state index >= 15 is 0 Å². The van der Waals surface area contributed by atoms with Gasteiger partial charge in [0, 0.05) is 12.6 Å². The van der Waals surface area contributed by atoms with Gasteiger partial charge >= 0.3 is 5.97 Å². The Morgan fingerprint density at radius 2 is 1.93 bits per heavy atom. The zero-order valence-corrected chi connectivity index (χ0v) is 9.29. The first-order valence-corrected chi connectivity index (χ1v) is 5.01. The van der Waals surface area contributed by atoms with Gasteiger partial charge in [0.2, 0.25) is 0 Å². The summed E-state index contributed by atoms with van der Waals surface area (Å²) in [5.74, 6) is 0.253. The minimum atomic E-state index is -0.256. The van der Waals surface area contributed by atoms with Crippen LogP contribution in [0.2, 0.25) is 0 Å². The summed E-state index contributed by atoms with van der Waals surface area (Å²) in [5, 5.41) is 0. The summed E-state index contributed by atoms with van der Waals surface area (Å²) >= 11 is 0. The lowest BCUT2D eigenvalue weighted by Crippen LogP contribution is -2.22. The number of carbonyl (C=O) groups is 1. The van der Waals surface area contributed by atoms with Crippen molar-refractivity contribution in [3.05, 3.63) is 0 Å². The van der Waals surface area contributed by atoms with Gasteiger partial charge in [0.1, 0.15) is 6.61 Å². The van der Waals surface area contributed by atoms with Crippen LogP contribution < -0.4 is 5.73 Å². The largest absolute Gasteiger partial charge is 0.463 e. The molecule has 0 rings (SSSR count). The maximum atomic E-state index is 11.0. The van der Waals surface area contributed by atoms with Crippen molar-refractivity contribution in [2.75, 3.05) is 19.8 Å². The Balaban J connectivity index is 3.23. The molecule has 0 aliphatic heterocycles. The van der Waals surface area contributed by atoms with Gasteiger partial charge in [0.15, 0.2) is 0 Å². The maximum absolute atomic E-state index is 11.0. The van der Waals surface area contributed by atoms with Gasteiger partial charge in [0.05, 0.1) is 13.0 Å². The van der Waals surface area contributed by atoms with Crippen molar-refractivity contribution in [2.45, 2.75) is 33.2 Å². The molecule has 0 spiro atoms. The third-order valence-corrected chi connectivity index (χ3v) is 1.43. The lowest BCUT2D eigenvalue weighted by Gasteiger charge is -2.08. The van der Waals surface area contributed by atoms with E-state index in [1.807, 2.05) is 0 Å². The summed E-state index contributed by atoms with van der Waals surface area (Å²) in [5.41, 5.74) is 5.43.